The number of carbonyl (C=O) groups is 1. The van der Waals surface area contributed by atoms with E-state index >= 15 is 0 Å². The normalized spacial score (nSPS) is 11.3. The summed E-state index contributed by atoms with van der Waals surface area (Å²) in [7, 11) is 0. The first kappa shape index (κ1) is 17.0. The van der Waals surface area contributed by atoms with Gasteiger partial charge in [0.2, 0.25) is 0 Å². The van der Waals surface area contributed by atoms with Gasteiger partial charge in [-0.15, -0.1) is 0 Å². The third-order valence-electron chi connectivity index (χ3n) is 3.22. The average Bonchev–Trinajstić information content (AvgIpc) is 2.85. The van der Waals surface area contributed by atoms with Gasteiger partial charge in [0.15, 0.2) is 0 Å². The molecule has 0 aliphatic heterocycles. The third-order valence-corrected chi connectivity index (χ3v) is 3.22. The number of nitrogens with one attached hydrogen (secondary N) is 1. The molecule has 0 radical (unpaired) electrons. The van der Waals surface area contributed by atoms with Crippen molar-refractivity contribution < 1.29 is 9.53 Å². The second-order valence-electron chi connectivity index (χ2n) is 6.49. The summed E-state index contributed by atoms with van der Waals surface area (Å²) in [6, 6.07) is 4.01. The molecule has 0 fully saturated rings. The number of aromatic nitrogens is 3. The predicted octanol–water partition coefficient (Wildman–Crippen LogP) is 2.95. The fraction of sp³-hybridized carbons (Fsp3) is 0.471. The summed E-state index contributed by atoms with van der Waals surface area (Å²) in [6.07, 6.45) is 3.82. The SMILES string of the molecule is Cc1ccc(-n2cncc2CCNC(=O)OC(C)(C)C)c(C)n1. The first-order chi connectivity index (χ1) is 10.8. The summed E-state index contributed by atoms with van der Waals surface area (Å²) in [5, 5.41) is 2.76. The number of hydrogen-bond donors (Lipinski definition) is 1. The van der Waals surface area contributed by atoms with Crippen LogP contribution in [-0.2, 0) is 11.2 Å². The molecule has 23 heavy (non-hydrogen) atoms. The minimum atomic E-state index is -0.490. The molecule has 6 heteroatoms. The highest BCUT2D eigenvalue weighted by atomic mass is 16.6. The molecule has 0 bridgehead atoms. The van der Waals surface area contributed by atoms with Crippen molar-refractivity contribution in [2.24, 2.45) is 0 Å². The van der Waals surface area contributed by atoms with Crippen molar-refractivity contribution in [1.29, 1.82) is 0 Å². The van der Waals surface area contributed by atoms with Crippen molar-refractivity contribution in [1.82, 2.24) is 19.9 Å². The molecule has 124 valence electrons. The van der Waals surface area contributed by atoms with E-state index in [0.29, 0.717) is 13.0 Å². The minimum Gasteiger partial charge on any atom is -0.444 e. The topological polar surface area (TPSA) is 69.0 Å². The van der Waals surface area contributed by atoms with Gasteiger partial charge in [0.05, 0.1) is 17.7 Å². The first-order valence-corrected chi connectivity index (χ1v) is 7.69. The van der Waals surface area contributed by atoms with Crippen LogP contribution in [0, 0.1) is 13.8 Å². The monoisotopic (exact) mass is 316 g/mol. The summed E-state index contributed by atoms with van der Waals surface area (Å²) in [6.45, 7) is 9.96. The number of nitrogens with zero attached hydrogens (tertiary/aromatic N) is 3. The van der Waals surface area contributed by atoms with Crippen LogP contribution >= 0.6 is 0 Å². The summed E-state index contributed by atoms with van der Waals surface area (Å²) in [4.78, 5) is 20.4. The van der Waals surface area contributed by atoms with Crippen molar-refractivity contribution in [3.8, 4) is 5.69 Å². The second-order valence-corrected chi connectivity index (χ2v) is 6.49. The lowest BCUT2D eigenvalue weighted by atomic mass is 10.2. The summed E-state index contributed by atoms with van der Waals surface area (Å²) < 4.78 is 7.22. The van der Waals surface area contributed by atoms with Crippen molar-refractivity contribution in [2.75, 3.05) is 6.54 Å². The molecule has 2 aromatic rings. The number of ether oxygens (including phenoxy) is 1. The fourth-order valence-corrected chi connectivity index (χ4v) is 2.26. The summed E-state index contributed by atoms with van der Waals surface area (Å²) in [5.74, 6) is 0. The number of alkyl carbamates (subject to hydrolysis) is 1. The van der Waals surface area contributed by atoms with Crippen LogP contribution in [0.15, 0.2) is 24.7 Å². The van der Waals surface area contributed by atoms with Crippen LogP contribution in [0.4, 0.5) is 4.79 Å². The zero-order valence-electron chi connectivity index (χ0n) is 14.4. The van der Waals surface area contributed by atoms with Gasteiger partial charge in [0.1, 0.15) is 5.60 Å². The zero-order valence-corrected chi connectivity index (χ0v) is 14.4. The van der Waals surface area contributed by atoms with Crippen molar-refractivity contribution in [3.05, 3.63) is 41.7 Å². The van der Waals surface area contributed by atoms with Gasteiger partial charge < -0.3 is 14.6 Å². The van der Waals surface area contributed by atoms with Crippen molar-refractivity contribution in [3.63, 3.8) is 0 Å². The van der Waals surface area contributed by atoms with E-state index in [1.807, 2.05) is 51.3 Å². The summed E-state index contributed by atoms with van der Waals surface area (Å²) >= 11 is 0. The number of rotatable bonds is 4. The maximum atomic E-state index is 11.7. The van der Waals surface area contributed by atoms with Crippen LogP contribution in [0.1, 0.15) is 37.9 Å². The van der Waals surface area contributed by atoms with Gasteiger partial charge >= 0.3 is 6.09 Å². The molecule has 0 spiro atoms. The van der Waals surface area contributed by atoms with Gasteiger partial charge in [-0.3, -0.25) is 4.98 Å². The van der Waals surface area contributed by atoms with Crippen LogP contribution in [0.2, 0.25) is 0 Å². The Morgan fingerprint density at radius 1 is 1.30 bits per heavy atom. The van der Waals surface area contributed by atoms with E-state index in [1.165, 1.54) is 0 Å². The van der Waals surface area contributed by atoms with Gasteiger partial charge in [-0.05, 0) is 46.8 Å². The Morgan fingerprint density at radius 2 is 2.04 bits per heavy atom. The zero-order chi connectivity index (χ0) is 17.0. The minimum absolute atomic E-state index is 0.406. The van der Waals surface area contributed by atoms with Crippen molar-refractivity contribution in [2.45, 2.75) is 46.6 Å². The number of carbonyl (C=O) groups excluding carboxylic acids is 1. The molecule has 0 unspecified atom stereocenters. The summed E-state index contributed by atoms with van der Waals surface area (Å²) in [5.41, 5.74) is 3.45. The first-order valence-electron chi connectivity index (χ1n) is 7.69. The van der Waals surface area contributed by atoms with Gasteiger partial charge in [0, 0.05) is 30.6 Å². The quantitative estimate of drug-likeness (QED) is 0.941. The number of aryl methyl sites for hydroxylation is 2. The predicted molar refractivity (Wildman–Crippen MR) is 88.8 cm³/mol. The van der Waals surface area contributed by atoms with E-state index in [2.05, 4.69) is 15.3 Å². The van der Waals surface area contributed by atoms with E-state index in [-0.39, 0.29) is 0 Å². The van der Waals surface area contributed by atoms with E-state index in [9.17, 15) is 4.79 Å². The Bertz CT molecular complexity index is 686. The lowest BCUT2D eigenvalue weighted by Crippen LogP contribution is -2.33. The lowest BCUT2D eigenvalue weighted by Gasteiger charge is -2.19. The molecule has 0 aliphatic carbocycles. The molecule has 0 saturated heterocycles. The van der Waals surface area contributed by atoms with E-state index in [0.717, 1.165) is 22.8 Å². The number of amides is 1. The molecule has 2 aromatic heterocycles. The molecule has 1 N–H and O–H groups in total. The van der Waals surface area contributed by atoms with Gasteiger partial charge in [-0.2, -0.15) is 0 Å². The smallest absolute Gasteiger partial charge is 0.407 e. The molecule has 0 aromatic carbocycles. The molecule has 0 saturated carbocycles. The van der Waals surface area contributed by atoms with Crippen LogP contribution < -0.4 is 5.32 Å². The highest BCUT2D eigenvalue weighted by Crippen LogP contribution is 2.15. The lowest BCUT2D eigenvalue weighted by molar-refractivity contribution is 0.0528. The molecular weight excluding hydrogens is 292 g/mol. The van der Waals surface area contributed by atoms with Gasteiger partial charge in [-0.1, -0.05) is 0 Å². The number of pyridine rings is 1. The average molecular weight is 316 g/mol. The third kappa shape index (κ3) is 4.81. The Kier molecular flexibility index (Phi) is 5.03. The molecule has 6 nitrogen and oxygen atoms in total. The standard InChI is InChI=1S/C17H24N4O2/c1-12-6-7-15(13(2)20-12)21-11-18-10-14(21)8-9-19-16(22)23-17(3,4)5/h6-7,10-11H,8-9H2,1-5H3,(H,19,22). The Labute approximate surface area is 136 Å². The maximum Gasteiger partial charge on any atom is 0.407 e. The molecule has 0 aliphatic rings. The van der Waals surface area contributed by atoms with Crippen LogP contribution in [0.25, 0.3) is 5.69 Å². The Morgan fingerprint density at radius 3 is 2.70 bits per heavy atom. The molecule has 0 atom stereocenters. The maximum absolute atomic E-state index is 11.7. The highest BCUT2D eigenvalue weighted by Gasteiger charge is 2.16. The van der Waals surface area contributed by atoms with E-state index in [4.69, 9.17) is 4.74 Å². The Balaban J connectivity index is 2.01. The Hall–Kier alpha value is -2.37. The van der Waals surface area contributed by atoms with E-state index in [1.54, 1.807) is 12.5 Å². The molecule has 2 rings (SSSR count). The van der Waals surface area contributed by atoms with Gasteiger partial charge in [-0.25, -0.2) is 9.78 Å². The van der Waals surface area contributed by atoms with Crippen LogP contribution in [0.3, 0.4) is 0 Å². The largest absolute Gasteiger partial charge is 0.444 e. The van der Waals surface area contributed by atoms with Crippen molar-refractivity contribution >= 4 is 6.09 Å². The molecule has 1 amide bonds. The second kappa shape index (κ2) is 6.81. The van der Waals surface area contributed by atoms with Gasteiger partial charge in [0.25, 0.3) is 0 Å². The van der Waals surface area contributed by atoms with E-state index < -0.39 is 11.7 Å². The molecule has 2 heterocycles. The highest BCUT2D eigenvalue weighted by molar-refractivity contribution is 5.67. The van der Waals surface area contributed by atoms with Crippen LogP contribution in [0.5, 0.6) is 0 Å². The fourth-order valence-electron chi connectivity index (χ4n) is 2.26. The molecular formula is C17H24N4O2. The number of hydrogen-bond acceptors (Lipinski definition) is 4. The number of imidazole rings is 1. The van der Waals surface area contributed by atoms with Crippen LogP contribution in [-0.4, -0.2) is 32.8 Å².